The van der Waals surface area contributed by atoms with E-state index in [9.17, 15) is 20.2 Å². The van der Waals surface area contributed by atoms with Crippen molar-refractivity contribution in [3.8, 4) is 0 Å². The summed E-state index contributed by atoms with van der Waals surface area (Å²) in [7, 11) is 6.43. The zero-order valence-electron chi connectivity index (χ0n) is 21.1. The molecular formula is C25H37NO9. The summed E-state index contributed by atoms with van der Waals surface area (Å²) >= 11 is 0. The summed E-state index contributed by atoms with van der Waals surface area (Å²) in [5.41, 5.74) is -5.00. The highest BCUT2D eigenvalue weighted by atomic mass is 16.5. The Balaban J connectivity index is 1.66. The van der Waals surface area contributed by atoms with Crippen LogP contribution in [-0.2, 0) is 28.5 Å². The van der Waals surface area contributed by atoms with Gasteiger partial charge >= 0.3 is 5.97 Å². The summed E-state index contributed by atoms with van der Waals surface area (Å²) in [6.45, 7) is 1.49. The van der Waals surface area contributed by atoms with Gasteiger partial charge in [0.2, 0.25) is 11.3 Å². The number of hydrogen-bond donors (Lipinski definition) is 2. The molecule has 10 nitrogen and oxygen atoms in total. The second-order valence-electron chi connectivity index (χ2n) is 11.8. The average Bonchev–Trinajstić information content (AvgIpc) is 3.25. The van der Waals surface area contributed by atoms with Crippen molar-refractivity contribution in [2.45, 2.75) is 68.2 Å². The Labute approximate surface area is 205 Å². The highest BCUT2D eigenvalue weighted by Crippen LogP contribution is 2.78. The Hall–Kier alpha value is -1.30. The van der Waals surface area contributed by atoms with Crippen LogP contribution in [0.4, 0.5) is 0 Å². The molecule has 6 aliphatic rings. The largest absolute Gasteiger partial charge is 0.624 e. The monoisotopic (exact) mass is 495 g/mol. The van der Waals surface area contributed by atoms with E-state index >= 15 is 0 Å². The molecule has 2 N–H and O–H groups in total. The van der Waals surface area contributed by atoms with Gasteiger partial charge in [-0.1, -0.05) is 0 Å². The Bertz CT molecular complexity index is 973. The lowest BCUT2D eigenvalue weighted by atomic mass is 9.44. The molecule has 0 aromatic carbocycles. The highest BCUT2D eigenvalue weighted by Gasteiger charge is 2.93. The van der Waals surface area contributed by atoms with E-state index in [0.29, 0.717) is 19.3 Å². The molecule has 0 saturated heterocycles. The molecule has 5 saturated carbocycles. The first-order valence-corrected chi connectivity index (χ1v) is 12.6. The van der Waals surface area contributed by atoms with Gasteiger partial charge in [-0.05, 0) is 25.2 Å². The molecule has 0 radical (unpaired) electrons. The number of nitrogens with zero attached hydrogens (tertiary/aromatic N) is 1. The van der Waals surface area contributed by atoms with Crippen molar-refractivity contribution in [1.29, 1.82) is 0 Å². The normalized spacial score (nSPS) is 55.3. The van der Waals surface area contributed by atoms with E-state index in [-0.39, 0.29) is 61.3 Å². The van der Waals surface area contributed by atoms with E-state index in [1.807, 2.05) is 0 Å². The second-order valence-corrected chi connectivity index (χ2v) is 11.8. The fourth-order valence-corrected chi connectivity index (χ4v) is 10.3. The molecule has 5 aliphatic carbocycles. The van der Waals surface area contributed by atoms with Gasteiger partial charge in [0.15, 0.2) is 6.54 Å². The molecule has 1 heterocycles. The molecule has 0 unspecified atom stereocenters. The number of fused-ring (bicyclic) bond motifs is 2. The van der Waals surface area contributed by atoms with Crippen LogP contribution in [0.3, 0.4) is 0 Å². The van der Waals surface area contributed by atoms with Crippen molar-refractivity contribution in [2.24, 2.45) is 34.5 Å². The van der Waals surface area contributed by atoms with E-state index in [0.717, 1.165) is 4.74 Å². The number of esters is 1. The zero-order valence-corrected chi connectivity index (χ0v) is 21.1. The van der Waals surface area contributed by atoms with Gasteiger partial charge in [0, 0.05) is 59.5 Å². The standard InChI is InChI=1S/C25H37NO9/c1-12(27)35-11-22-7-6-16(32-3)24-14-8-13-15(31-2)9-23(28,17(14)18(13)33-4)25(29,20(34-5)19(22)24)21(24)26(30)10-22/h13-20,28-29H,6-11H2,1-5H3/t13-,14-,15+,16+,17-,18+,19-,20+,22+,23-,24+,25+/m1/s1. The number of carbonyl (C=O) groups excluding carboxylic acids is 1. The summed E-state index contributed by atoms with van der Waals surface area (Å²) in [5, 5.41) is 39.4. The third-order valence-corrected chi connectivity index (χ3v) is 11.0. The van der Waals surface area contributed by atoms with Crippen LogP contribution >= 0.6 is 0 Å². The van der Waals surface area contributed by atoms with Crippen LogP contribution in [0.1, 0.15) is 32.6 Å². The number of methoxy groups -OCH3 is 4. The number of rotatable bonds is 6. The Morgan fingerprint density at radius 3 is 2.49 bits per heavy atom. The quantitative estimate of drug-likeness (QED) is 0.299. The molecule has 35 heavy (non-hydrogen) atoms. The van der Waals surface area contributed by atoms with Crippen LogP contribution < -0.4 is 0 Å². The average molecular weight is 496 g/mol. The lowest BCUT2D eigenvalue weighted by molar-refractivity contribution is -0.507. The molecule has 6 rings (SSSR count). The van der Waals surface area contributed by atoms with Gasteiger partial charge < -0.3 is 39.1 Å². The van der Waals surface area contributed by atoms with Gasteiger partial charge in [-0.25, -0.2) is 4.74 Å². The molecule has 12 atom stereocenters. The Morgan fingerprint density at radius 1 is 1.14 bits per heavy atom. The highest BCUT2D eigenvalue weighted by molar-refractivity contribution is 6.01. The lowest BCUT2D eigenvalue weighted by Gasteiger charge is -2.62. The van der Waals surface area contributed by atoms with Gasteiger partial charge in [0.05, 0.1) is 29.1 Å². The molecule has 0 amide bonds. The molecule has 196 valence electrons. The van der Waals surface area contributed by atoms with E-state index in [2.05, 4.69) is 0 Å². The third kappa shape index (κ3) is 2.38. The molecule has 0 aromatic rings. The lowest BCUT2D eigenvalue weighted by Crippen LogP contribution is -2.78. The maximum absolute atomic E-state index is 14.1. The van der Waals surface area contributed by atoms with E-state index in [4.69, 9.17) is 23.7 Å². The van der Waals surface area contributed by atoms with Gasteiger partial charge in [-0.3, -0.25) is 4.79 Å². The number of ether oxygens (including phenoxy) is 5. The summed E-state index contributed by atoms with van der Waals surface area (Å²) < 4.78 is 30.5. The van der Waals surface area contributed by atoms with Crippen molar-refractivity contribution >= 4 is 11.7 Å². The van der Waals surface area contributed by atoms with Crippen LogP contribution in [0.2, 0.25) is 0 Å². The topological polar surface area (TPSA) is 130 Å². The van der Waals surface area contributed by atoms with Gasteiger partial charge in [-0.2, -0.15) is 0 Å². The number of carbonyl (C=O) groups is 1. The van der Waals surface area contributed by atoms with Crippen molar-refractivity contribution in [1.82, 2.24) is 0 Å². The molecular weight excluding hydrogens is 458 g/mol. The fraction of sp³-hybridized carbons (Fsp3) is 0.920. The van der Waals surface area contributed by atoms with E-state index < -0.39 is 40.0 Å². The van der Waals surface area contributed by atoms with Crippen LogP contribution in [0.15, 0.2) is 0 Å². The first-order chi connectivity index (χ1) is 16.6. The smallest absolute Gasteiger partial charge is 0.302 e. The summed E-state index contributed by atoms with van der Waals surface area (Å²) in [6.07, 6.45) is 0.173. The maximum Gasteiger partial charge on any atom is 0.302 e. The summed E-state index contributed by atoms with van der Waals surface area (Å²) in [4.78, 5) is 11.9. The SMILES string of the molecule is CO[C@H]1[C@@H]2C[C@@H]3[C@H]1[C@](O)(C[C@@H]2OC)[C@@]1(O)C2=[N+]([O-])C[C@]4(COC(C)=O)CC[C@H](OC)[C@@]23[C@@H]4[C@@H]1OC. The minimum absolute atomic E-state index is 0.0160. The number of hydrogen-bond acceptors (Lipinski definition) is 9. The second kappa shape index (κ2) is 7.39. The molecule has 5 fully saturated rings. The minimum atomic E-state index is -1.96. The van der Waals surface area contributed by atoms with Crippen molar-refractivity contribution in [3.63, 3.8) is 0 Å². The third-order valence-electron chi connectivity index (χ3n) is 11.0. The number of aliphatic hydroxyl groups is 2. The molecule has 7 bridgehead atoms. The number of hydroxylamine groups is 1. The van der Waals surface area contributed by atoms with E-state index in [1.165, 1.54) is 14.0 Å². The van der Waals surface area contributed by atoms with Crippen LogP contribution in [0.5, 0.6) is 0 Å². The maximum atomic E-state index is 14.1. The predicted molar refractivity (Wildman–Crippen MR) is 121 cm³/mol. The molecule has 0 aromatic heterocycles. The Kier molecular flexibility index (Phi) is 5.08. The van der Waals surface area contributed by atoms with Gasteiger partial charge in [0.25, 0.3) is 0 Å². The van der Waals surface area contributed by atoms with Crippen molar-refractivity contribution in [3.05, 3.63) is 5.21 Å². The fourth-order valence-electron chi connectivity index (χ4n) is 10.3. The first-order valence-electron chi connectivity index (χ1n) is 12.6. The van der Waals surface area contributed by atoms with Crippen molar-refractivity contribution < 1.29 is 43.4 Å². The van der Waals surface area contributed by atoms with Gasteiger partial charge in [0.1, 0.15) is 18.3 Å². The molecule has 10 heteroatoms. The zero-order chi connectivity index (χ0) is 25.1. The predicted octanol–water partition coefficient (Wildman–Crippen LogP) is 0.103. The first kappa shape index (κ1) is 24.1. The Morgan fingerprint density at radius 2 is 1.89 bits per heavy atom. The summed E-state index contributed by atoms with van der Waals surface area (Å²) in [6, 6.07) is 0. The molecule has 1 aliphatic heterocycles. The van der Waals surface area contributed by atoms with Crippen molar-refractivity contribution in [2.75, 3.05) is 41.6 Å². The van der Waals surface area contributed by atoms with Crippen LogP contribution in [0, 0.1) is 39.7 Å². The summed E-state index contributed by atoms with van der Waals surface area (Å²) in [5.74, 6) is -1.39. The van der Waals surface area contributed by atoms with Gasteiger partial charge in [-0.15, -0.1) is 0 Å². The van der Waals surface area contributed by atoms with E-state index in [1.54, 1.807) is 21.3 Å². The minimum Gasteiger partial charge on any atom is -0.624 e. The van der Waals surface area contributed by atoms with Crippen LogP contribution in [0.25, 0.3) is 0 Å². The van der Waals surface area contributed by atoms with Crippen LogP contribution in [-0.4, -0.2) is 104 Å². The molecule has 1 spiro atoms.